The number of fused-ring (bicyclic) bond motifs is 5. The summed E-state index contributed by atoms with van der Waals surface area (Å²) in [6.45, 7) is 4.42. The number of Topliss-reactive ketones (excluding diaryl/α,β-unsaturated/α-hetero) is 1. The molecule has 0 aromatic heterocycles. The van der Waals surface area contributed by atoms with E-state index in [-0.39, 0.29) is 12.2 Å². The van der Waals surface area contributed by atoms with E-state index < -0.39 is 17.2 Å². The molecule has 0 spiro atoms. The first-order valence-corrected chi connectivity index (χ1v) is 9.20. The van der Waals surface area contributed by atoms with Gasteiger partial charge in [0.1, 0.15) is 0 Å². The van der Waals surface area contributed by atoms with Crippen LogP contribution >= 0.6 is 0 Å². The van der Waals surface area contributed by atoms with Gasteiger partial charge in [-0.05, 0) is 61.7 Å². The van der Waals surface area contributed by atoms with E-state index in [2.05, 4.69) is 6.92 Å². The van der Waals surface area contributed by atoms with Crippen LogP contribution in [-0.2, 0) is 4.79 Å². The molecule has 0 saturated heterocycles. The van der Waals surface area contributed by atoms with Gasteiger partial charge >= 0.3 is 0 Å². The molecule has 0 heterocycles. The lowest BCUT2D eigenvalue weighted by atomic mass is 9.44. The van der Waals surface area contributed by atoms with Crippen LogP contribution in [0.15, 0.2) is 0 Å². The standard InChI is InChI=1S/C19H29FO2/c1-17-7-3-4-14(17)13-10-16(22)19(20)11-12(21)5-9-18(19,2)15(13)6-8-17/h12-15,21H,3-11H2,1-2H3/t12-,13+,14+,15+,17+,18-,19+/m1/s1. The molecule has 124 valence electrons. The van der Waals surface area contributed by atoms with E-state index in [4.69, 9.17) is 0 Å². The number of hydrogen-bond donors (Lipinski definition) is 1. The maximum atomic E-state index is 15.7. The summed E-state index contributed by atoms with van der Waals surface area (Å²) in [5, 5.41) is 9.94. The van der Waals surface area contributed by atoms with Gasteiger partial charge in [0.05, 0.1) is 6.10 Å². The number of carbonyl (C=O) groups excluding carboxylic acids is 1. The van der Waals surface area contributed by atoms with Gasteiger partial charge in [0.15, 0.2) is 11.5 Å². The first kappa shape index (κ1) is 15.1. The number of aliphatic hydroxyl groups is 1. The van der Waals surface area contributed by atoms with Crippen LogP contribution < -0.4 is 0 Å². The highest BCUT2D eigenvalue weighted by molar-refractivity contribution is 5.89. The van der Waals surface area contributed by atoms with Crippen LogP contribution in [-0.4, -0.2) is 22.7 Å². The predicted octanol–water partition coefficient (Wildman–Crippen LogP) is 4.05. The zero-order valence-corrected chi connectivity index (χ0v) is 13.9. The van der Waals surface area contributed by atoms with Crippen molar-refractivity contribution in [2.45, 2.75) is 83.4 Å². The van der Waals surface area contributed by atoms with Crippen LogP contribution in [0.4, 0.5) is 4.39 Å². The van der Waals surface area contributed by atoms with Crippen molar-refractivity contribution >= 4 is 5.78 Å². The van der Waals surface area contributed by atoms with Crippen molar-refractivity contribution in [3.05, 3.63) is 0 Å². The highest BCUT2D eigenvalue weighted by Crippen LogP contribution is 2.67. The first-order chi connectivity index (χ1) is 10.3. The number of rotatable bonds is 0. The van der Waals surface area contributed by atoms with Crippen molar-refractivity contribution in [2.24, 2.45) is 28.6 Å². The fraction of sp³-hybridized carbons (Fsp3) is 0.947. The Morgan fingerprint density at radius 3 is 2.64 bits per heavy atom. The van der Waals surface area contributed by atoms with Crippen LogP contribution in [0.25, 0.3) is 0 Å². The molecule has 0 aliphatic heterocycles. The normalized spacial score (nSPS) is 57.9. The van der Waals surface area contributed by atoms with Gasteiger partial charge in [-0.2, -0.15) is 0 Å². The summed E-state index contributed by atoms with van der Waals surface area (Å²) >= 11 is 0. The molecule has 3 heteroatoms. The van der Waals surface area contributed by atoms with Crippen molar-refractivity contribution in [3.8, 4) is 0 Å². The zero-order valence-electron chi connectivity index (χ0n) is 13.9. The lowest BCUT2D eigenvalue weighted by Gasteiger charge is -2.61. The van der Waals surface area contributed by atoms with E-state index >= 15 is 4.39 Å². The highest BCUT2D eigenvalue weighted by Gasteiger charge is 2.67. The van der Waals surface area contributed by atoms with Gasteiger partial charge in [0.2, 0.25) is 0 Å². The summed E-state index contributed by atoms with van der Waals surface area (Å²) in [4.78, 5) is 12.8. The Morgan fingerprint density at radius 1 is 1.09 bits per heavy atom. The molecule has 4 aliphatic carbocycles. The Bertz CT molecular complexity index is 506. The number of ketones is 1. The average molecular weight is 308 g/mol. The fourth-order valence-electron chi connectivity index (χ4n) is 6.97. The van der Waals surface area contributed by atoms with Crippen molar-refractivity contribution in [3.63, 3.8) is 0 Å². The van der Waals surface area contributed by atoms with E-state index in [0.717, 1.165) is 6.42 Å². The lowest BCUT2D eigenvalue weighted by molar-refractivity contribution is -0.189. The molecule has 2 nitrogen and oxygen atoms in total. The molecule has 0 unspecified atom stereocenters. The molecule has 4 aliphatic rings. The Morgan fingerprint density at radius 2 is 1.86 bits per heavy atom. The summed E-state index contributed by atoms with van der Waals surface area (Å²) in [5.41, 5.74) is -1.93. The molecule has 4 saturated carbocycles. The minimum Gasteiger partial charge on any atom is -0.393 e. The maximum Gasteiger partial charge on any atom is 0.176 e. The minimum atomic E-state index is -1.78. The molecule has 0 amide bonds. The predicted molar refractivity (Wildman–Crippen MR) is 83.1 cm³/mol. The Hall–Kier alpha value is -0.440. The third kappa shape index (κ3) is 1.72. The molecule has 4 fully saturated rings. The molecule has 22 heavy (non-hydrogen) atoms. The number of carbonyl (C=O) groups is 1. The van der Waals surface area contributed by atoms with E-state index in [1.165, 1.54) is 25.7 Å². The number of alkyl halides is 1. The van der Waals surface area contributed by atoms with Crippen molar-refractivity contribution in [2.75, 3.05) is 0 Å². The molecule has 1 N–H and O–H groups in total. The molecular formula is C19H29FO2. The minimum absolute atomic E-state index is 0.0352. The lowest BCUT2D eigenvalue weighted by Crippen LogP contribution is -2.64. The SMILES string of the molecule is C[C@@]12CCC[C@H]1[C@@H]1CC(=O)[C@@]3(F)C[C@H](O)CC[C@]3(C)[C@H]1CC2. The smallest absolute Gasteiger partial charge is 0.176 e. The molecule has 0 aromatic rings. The largest absolute Gasteiger partial charge is 0.393 e. The van der Waals surface area contributed by atoms with Crippen LogP contribution in [0.1, 0.15) is 71.6 Å². The summed E-state index contributed by atoms with van der Waals surface area (Å²) < 4.78 is 15.7. The number of halogens is 1. The van der Waals surface area contributed by atoms with Gasteiger partial charge in [0, 0.05) is 18.3 Å². The van der Waals surface area contributed by atoms with Gasteiger partial charge < -0.3 is 5.11 Å². The monoisotopic (exact) mass is 308 g/mol. The summed E-state index contributed by atoms with van der Waals surface area (Å²) in [7, 11) is 0. The fourth-order valence-corrected chi connectivity index (χ4v) is 6.97. The molecule has 0 bridgehead atoms. The van der Waals surface area contributed by atoms with Crippen molar-refractivity contribution < 1.29 is 14.3 Å². The third-order valence-electron chi connectivity index (χ3n) is 8.32. The second-order valence-corrected chi connectivity index (χ2v) is 9.20. The maximum absolute atomic E-state index is 15.7. The quantitative estimate of drug-likeness (QED) is 0.733. The third-order valence-corrected chi connectivity index (χ3v) is 8.32. The summed E-state index contributed by atoms with van der Waals surface area (Å²) in [6, 6.07) is 0. The van der Waals surface area contributed by atoms with Crippen LogP contribution in [0, 0.1) is 28.6 Å². The van der Waals surface area contributed by atoms with Gasteiger partial charge in [-0.15, -0.1) is 0 Å². The van der Waals surface area contributed by atoms with Crippen molar-refractivity contribution in [1.29, 1.82) is 0 Å². The molecule has 0 aromatic carbocycles. The second-order valence-electron chi connectivity index (χ2n) is 9.20. The second kappa shape index (κ2) is 4.55. The molecular weight excluding hydrogens is 279 g/mol. The van der Waals surface area contributed by atoms with Crippen LogP contribution in [0.5, 0.6) is 0 Å². The molecule has 4 rings (SSSR count). The Labute approximate surface area is 132 Å². The van der Waals surface area contributed by atoms with Crippen LogP contribution in [0.3, 0.4) is 0 Å². The number of aliphatic hydroxyl groups excluding tert-OH is 1. The van der Waals surface area contributed by atoms with Gasteiger partial charge in [-0.25, -0.2) is 4.39 Å². The summed E-state index contributed by atoms with van der Waals surface area (Å²) in [6.07, 6.45) is 7.19. The number of hydrogen-bond acceptors (Lipinski definition) is 2. The summed E-state index contributed by atoms with van der Waals surface area (Å²) in [5.74, 6) is 1.13. The van der Waals surface area contributed by atoms with E-state index in [0.29, 0.717) is 42.4 Å². The van der Waals surface area contributed by atoms with E-state index in [1.807, 2.05) is 6.92 Å². The van der Waals surface area contributed by atoms with Crippen LogP contribution in [0.2, 0.25) is 0 Å². The average Bonchev–Trinajstić information content (AvgIpc) is 2.84. The van der Waals surface area contributed by atoms with Gasteiger partial charge in [-0.1, -0.05) is 20.3 Å². The highest BCUT2D eigenvalue weighted by atomic mass is 19.1. The van der Waals surface area contributed by atoms with Gasteiger partial charge in [0.25, 0.3) is 0 Å². The molecule has 0 radical (unpaired) electrons. The van der Waals surface area contributed by atoms with E-state index in [1.54, 1.807) is 0 Å². The zero-order chi connectivity index (χ0) is 15.8. The van der Waals surface area contributed by atoms with E-state index in [9.17, 15) is 9.90 Å². The topological polar surface area (TPSA) is 37.3 Å². The Kier molecular flexibility index (Phi) is 3.13. The molecule has 7 atom stereocenters. The van der Waals surface area contributed by atoms with Gasteiger partial charge in [-0.3, -0.25) is 4.79 Å². The Balaban J connectivity index is 1.73. The first-order valence-electron chi connectivity index (χ1n) is 9.20. The van der Waals surface area contributed by atoms with Crippen molar-refractivity contribution in [1.82, 2.24) is 0 Å².